The minimum atomic E-state index is -0.449. The maximum absolute atomic E-state index is 12.5. The van der Waals surface area contributed by atoms with Gasteiger partial charge in [-0.3, -0.25) is 9.69 Å². The number of amides is 1. The molecule has 6 nitrogen and oxygen atoms in total. The number of benzene rings is 1. The molecule has 0 atom stereocenters. The van der Waals surface area contributed by atoms with Crippen LogP contribution < -0.4 is 5.32 Å². The molecule has 1 aliphatic heterocycles. The molecule has 0 radical (unpaired) electrons. The van der Waals surface area contributed by atoms with Crippen molar-refractivity contribution in [3.8, 4) is 6.07 Å². The van der Waals surface area contributed by atoms with Gasteiger partial charge in [-0.1, -0.05) is 6.92 Å². The van der Waals surface area contributed by atoms with Gasteiger partial charge in [0, 0.05) is 23.5 Å². The fourth-order valence-electron chi connectivity index (χ4n) is 2.98. The van der Waals surface area contributed by atoms with Crippen molar-refractivity contribution in [2.75, 3.05) is 25.5 Å². The highest BCUT2D eigenvalue weighted by Gasteiger charge is 2.24. The van der Waals surface area contributed by atoms with E-state index >= 15 is 0 Å². The molecule has 2 aromatic rings. The Bertz CT molecular complexity index is 881. The zero-order chi connectivity index (χ0) is 18.7. The Morgan fingerprint density at radius 1 is 1.31 bits per heavy atom. The van der Waals surface area contributed by atoms with Crippen LogP contribution in [0.2, 0.25) is 0 Å². The number of methoxy groups -OCH3 is 1. The monoisotopic (exact) mass is 369 g/mol. The van der Waals surface area contributed by atoms with E-state index in [9.17, 15) is 14.9 Å². The van der Waals surface area contributed by atoms with Crippen LogP contribution >= 0.6 is 11.3 Å². The topological polar surface area (TPSA) is 82.4 Å². The Morgan fingerprint density at radius 3 is 2.62 bits per heavy atom. The largest absolute Gasteiger partial charge is 0.465 e. The molecule has 0 bridgehead atoms. The van der Waals surface area contributed by atoms with Gasteiger partial charge in [0.05, 0.1) is 18.2 Å². The van der Waals surface area contributed by atoms with E-state index in [1.807, 2.05) is 0 Å². The minimum Gasteiger partial charge on any atom is -0.465 e. The van der Waals surface area contributed by atoms with Crippen molar-refractivity contribution in [1.82, 2.24) is 4.90 Å². The predicted molar refractivity (Wildman–Crippen MR) is 99.4 cm³/mol. The summed E-state index contributed by atoms with van der Waals surface area (Å²) < 4.78 is 4.65. The molecule has 1 amide bonds. The number of nitrogens with one attached hydrogen (secondary N) is 1. The molecule has 3 rings (SSSR count). The molecule has 2 heterocycles. The second kappa shape index (κ2) is 7.68. The van der Waals surface area contributed by atoms with Gasteiger partial charge in [0.1, 0.15) is 11.1 Å². The minimum absolute atomic E-state index is 0.302. The fourth-order valence-corrected chi connectivity index (χ4v) is 4.22. The van der Waals surface area contributed by atoms with Gasteiger partial charge in [-0.05, 0) is 42.8 Å². The van der Waals surface area contributed by atoms with Crippen LogP contribution in [-0.2, 0) is 17.7 Å². The number of thiophene rings is 1. The lowest BCUT2D eigenvalue weighted by molar-refractivity contribution is 0.0600. The van der Waals surface area contributed by atoms with Crippen molar-refractivity contribution >= 4 is 28.2 Å². The highest BCUT2D eigenvalue weighted by atomic mass is 32.1. The highest BCUT2D eigenvalue weighted by molar-refractivity contribution is 7.16. The third kappa shape index (κ3) is 3.47. The van der Waals surface area contributed by atoms with E-state index in [1.165, 1.54) is 18.4 Å². The molecular weight excluding hydrogens is 350 g/mol. The normalized spacial score (nSPS) is 13.6. The molecule has 0 spiro atoms. The van der Waals surface area contributed by atoms with Crippen LogP contribution in [0.4, 0.5) is 5.00 Å². The average molecular weight is 369 g/mol. The van der Waals surface area contributed by atoms with E-state index in [1.54, 1.807) is 24.3 Å². The summed E-state index contributed by atoms with van der Waals surface area (Å²) in [6.45, 7) is 4.82. The molecule has 1 aromatic heterocycles. The number of ether oxygens (including phenoxy) is 1. The van der Waals surface area contributed by atoms with Crippen LogP contribution in [0.3, 0.4) is 0 Å². The van der Waals surface area contributed by atoms with Gasteiger partial charge in [-0.15, -0.1) is 11.3 Å². The summed E-state index contributed by atoms with van der Waals surface area (Å²) in [5, 5.41) is 13.0. The molecule has 0 saturated heterocycles. The Balaban J connectivity index is 1.81. The molecular formula is C19H19N3O3S. The van der Waals surface area contributed by atoms with Crippen molar-refractivity contribution in [2.24, 2.45) is 0 Å². The lowest BCUT2D eigenvalue weighted by Crippen LogP contribution is -2.29. The second-order valence-corrected chi connectivity index (χ2v) is 7.07. The zero-order valence-corrected chi connectivity index (χ0v) is 15.5. The summed E-state index contributed by atoms with van der Waals surface area (Å²) in [4.78, 5) is 27.5. The number of esters is 1. The van der Waals surface area contributed by atoms with E-state index in [2.05, 4.69) is 27.9 Å². The van der Waals surface area contributed by atoms with Gasteiger partial charge in [0.15, 0.2) is 0 Å². The van der Waals surface area contributed by atoms with E-state index in [0.29, 0.717) is 21.7 Å². The number of carbonyl (C=O) groups excluding carboxylic acids is 2. The Kier molecular flexibility index (Phi) is 5.35. The second-order valence-electron chi connectivity index (χ2n) is 5.96. The summed E-state index contributed by atoms with van der Waals surface area (Å²) in [6.07, 6.45) is 0.826. The van der Waals surface area contributed by atoms with Crippen LogP contribution in [0.15, 0.2) is 24.3 Å². The Morgan fingerprint density at radius 2 is 2.00 bits per heavy atom. The Hall–Kier alpha value is -2.69. The summed E-state index contributed by atoms with van der Waals surface area (Å²) in [5.41, 5.74) is 2.43. The third-order valence-electron chi connectivity index (χ3n) is 4.49. The summed E-state index contributed by atoms with van der Waals surface area (Å²) in [7, 11) is 1.31. The number of anilines is 1. The first-order chi connectivity index (χ1) is 12.6. The fraction of sp³-hybridized carbons (Fsp3) is 0.316. The van der Waals surface area contributed by atoms with Crippen molar-refractivity contribution < 1.29 is 14.3 Å². The van der Waals surface area contributed by atoms with Gasteiger partial charge in [-0.25, -0.2) is 4.79 Å². The summed E-state index contributed by atoms with van der Waals surface area (Å²) >= 11 is 1.47. The van der Waals surface area contributed by atoms with Crippen LogP contribution in [0.5, 0.6) is 0 Å². The average Bonchev–Trinajstić information content (AvgIpc) is 3.03. The molecule has 1 aliphatic rings. The quantitative estimate of drug-likeness (QED) is 0.838. The first-order valence-electron chi connectivity index (χ1n) is 8.34. The lowest BCUT2D eigenvalue weighted by Gasteiger charge is -2.24. The van der Waals surface area contributed by atoms with E-state index in [-0.39, 0.29) is 5.91 Å². The molecule has 134 valence electrons. The Labute approximate surface area is 156 Å². The van der Waals surface area contributed by atoms with Crippen molar-refractivity contribution in [3.05, 3.63) is 51.4 Å². The van der Waals surface area contributed by atoms with Gasteiger partial charge in [0.2, 0.25) is 0 Å². The lowest BCUT2D eigenvalue weighted by atomic mass is 10.0. The van der Waals surface area contributed by atoms with Crippen molar-refractivity contribution in [2.45, 2.75) is 19.9 Å². The van der Waals surface area contributed by atoms with Crippen LogP contribution in [-0.4, -0.2) is 37.0 Å². The molecule has 0 aliphatic carbocycles. The zero-order valence-electron chi connectivity index (χ0n) is 14.7. The van der Waals surface area contributed by atoms with Crippen molar-refractivity contribution in [3.63, 3.8) is 0 Å². The van der Waals surface area contributed by atoms with Gasteiger partial charge < -0.3 is 10.1 Å². The number of rotatable bonds is 4. The predicted octanol–water partition coefficient (Wildman–Crippen LogP) is 3.04. The summed E-state index contributed by atoms with van der Waals surface area (Å²) in [5.74, 6) is -0.751. The molecule has 1 N–H and O–H groups in total. The highest BCUT2D eigenvalue weighted by Crippen LogP contribution is 2.36. The first kappa shape index (κ1) is 18.1. The standard InChI is InChI=1S/C19H19N3O3S/c1-3-22-9-8-14-15(10-20)18(26-16(14)11-22)21-17(23)12-4-6-13(7-5-12)19(24)25-2/h4-7H,3,8-9,11H2,1-2H3,(H,21,23). The van der Waals surface area contributed by atoms with Crippen LogP contribution in [0.1, 0.15) is 43.6 Å². The third-order valence-corrected chi connectivity index (χ3v) is 5.62. The molecule has 26 heavy (non-hydrogen) atoms. The van der Waals surface area contributed by atoms with Gasteiger partial charge >= 0.3 is 5.97 Å². The smallest absolute Gasteiger partial charge is 0.337 e. The molecule has 1 aromatic carbocycles. The molecule has 7 heteroatoms. The van der Waals surface area contributed by atoms with Crippen LogP contribution in [0, 0.1) is 11.3 Å². The van der Waals surface area contributed by atoms with Gasteiger partial charge in [-0.2, -0.15) is 5.26 Å². The SMILES string of the molecule is CCN1CCc2c(sc(NC(=O)c3ccc(C(=O)OC)cc3)c2C#N)C1. The van der Waals surface area contributed by atoms with Crippen molar-refractivity contribution in [1.29, 1.82) is 5.26 Å². The van der Waals surface area contributed by atoms with E-state index in [4.69, 9.17) is 0 Å². The summed E-state index contributed by atoms with van der Waals surface area (Å²) in [6, 6.07) is 8.47. The number of carbonyl (C=O) groups is 2. The number of likely N-dealkylation sites (N-methyl/N-ethyl adjacent to an activating group) is 1. The molecule has 0 saturated carbocycles. The maximum Gasteiger partial charge on any atom is 0.337 e. The number of fused-ring (bicyclic) bond motifs is 1. The molecule has 0 unspecified atom stereocenters. The van der Waals surface area contributed by atoms with E-state index in [0.717, 1.165) is 36.5 Å². The number of nitrogens with zero attached hydrogens (tertiary/aromatic N) is 2. The van der Waals surface area contributed by atoms with E-state index < -0.39 is 5.97 Å². The number of nitriles is 1. The molecule has 0 fully saturated rings. The van der Waals surface area contributed by atoms with Gasteiger partial charge in [0.25, 0.3) is 5.91 Å². The first-order valence-corrected chi connectivity index (χ1v) is 9.15. The number of hydrogen-bond donors (Lipinski definition) is 1. The van der Waals surface area contributed by atoms with Crippen LogP contribution in [0.25, 0.3) is 0 Å². The maximum atomic E-state index is 12.5. The number of hydrogen-bond acceptors (Lipinski definition) is 6.